The second-order valence-electron chi connectivity index (χ2n) is 7.61. The molecule has 0 aromatic heterocycles. The summed E-state index contributed by atoms with van der Waals surface area (Å²) in [6, 6.07) is 25.3. The van der Waals surface area contributed by atoms with Crippen molar-refractivity contribution in [3.63, 3.8) is 0 Å². The molecule has 0 bridgehead atoms. The van der Waals surface area contributed by atoms with E-state index in [1.54, 1.807) is 0 Å². The zero-order valence-electron chi connectivity index (χ0n) is 17.6. The molecule has 1 amide bonds. The first-order valence-corrected chi connectivity index (χ1v) is 10.9. The van der Waals surface area contributed by atoms with Crippen LogP contribution in [0.3, 0.4) is 0 Å². The van der Waals surface area contributed by atoms with E-state index in [0.717, 1.165) is 49.2 Å². The molecule has 0 atom stereocenters. The number of rotatable bonds is 10. The van der Waals surface area contributed by atoms with E-state index < -0.39 is 0 Å². The third-order valence-electron chi connectivity index (χ3n) is 5.33. The summed E-state index contributed by atoms with van der Waals surface area (Å²) in [7, 11) is 0. The van der Waals surface area contributed by atoms with Gasteiger partial charge >= 0.3 is 0 Å². The maximum absolute atomic E-state index is 13.2. The fourth-order valence-electron chi connectivity index (χ4n) is 3.70. The summed E-state index contributed by atoms with van der Waals surface area (Å²) in [5, 5.41) is 0. The molecule has 31 heavy (non-hydrogen) atoms. The smallest absolute Gasteiger partial charge is 0.262 e. The molecule has 0 aliphatic carbocycles. The Morgan fingerprint density at radius 2 is 1.48 bits per heavy atom. The fraction of sp³-hybridized carbons (Fsp3) is 0.269. The molecule has 1 aliphatic heterocycles. The molecule has 0 saturated carbocycles. The van der Waals surface area contributed by atoms with Crippen LogP contribution in [0.1, 0.15) is 41.6 Å². The van der Waals surface area contributed by atoms with E-state index in [1.165, 1.54) is 0 Å². The third kappa shape index (κ3) is 5.51. The Hall–Kier alpha value is -3.15. The van der Waals surface area contributed by atoms with Crippen molar-refractivity contribution in [2.75, 3.05) is 18.0 Å². The minimum absolute atomic E-state index is 0.00321. The molecule has 3 aromatic carbocycles. The first-order valence-electron chi connectivity index (χ1n) is 10.9. The Morgan fingerprint density at radius 1 is 0.774 bits per heavy atom. The van der Waals surface area contributed by atoms with Crippen LogP contribution in [0.4, 0.5) is 5.69 Å². The predicted octanol–water partition coefficient (Wildman–Crippen LogP) is 5.72. The van der Waals surface area contributed by atoms with Gasteiger partial charge in [-0.25, -0.2) is 5.48 Å². The summed E-state index contributed by atoms with van der Waals surface area (Å²) in [6.07, 6.45) is 4.10. The zero-order chi connectivity index (χ0) is 21.3. The summed E-state index contributed by atoms with van der Waals surface area (Å²) < 4.78 is 6.03. The Bertz CT molecular complexity index is 991. The van der Waals surface area contributed by atoms with Crippen LogP contribution in [0, 0.1) is 0 Å². The summed E-state index contributed by atoms with van der Waals surface area (Å²) in [4.78, 5) is 20.5. The average molecular weight is 417 g/mol. The highest BCUT2D eigenvalue weighted by molar-refractivity contribution is 6.09. The van der Waals surface area contributed by atoms with Gasteiger partial charge in [0.05, 0.1) is 17.9 Å². The summed E-state index contributed by atoms with van der Waals surface area (Å²) in [6.45, 7) is 2.06. The van der Waals surface area contributed by atoms with Crippen molar-refractivity contribution < 1.29 is 14.4 Å². The van der Waals surface area contributed by atoms with Crippen molar-refractivity contribution in [1.29, 1.82) is 0 Å². The number of hydrogen-bond acceptors (Lipinski definition) is 4. The molecule has 3 aromatic rings. The first-order chi connectivity index (χ1) is 15.3. The molecule has 0 fully saturated rings. The van der Waals surface area contributed by atoms with Crippen LogP contribution >= 0.6 is 0 Å². The number of carbonyl (C=O) groups excluding carboxylic acids is 1. The molecule has 0 spiro atoms. The van der Waals surface area contributed by atoms with Gasteiger partial charge in [0.1, 0.15) is 5.75 Å². The van der Waals surface area contributed by atoms with E-state index in [1.807, 2.05) is 83.8 Å². The Kier molecular flexibility index (Phi) is 7.32. The van der Waals surface area contributed by atoms with Crippen molar-refractivity contribution in [2.24, 2.45) is 0 Å². The zero-order valence-corrected chi connectivity index (χ0v) is 17.6. The molecule has 4 rings (SSSR count). The van der Waals surface area contributed by atoms with Gasteiger partial charge in [0, 0.05) is 13.1 Å². The Labute approximate surface area is 183 Å². The van der Waals surface area contributed by atoms with E-state index >= 15 is 0 Å². The lowest BCUT2D eigenvalue weighted by Gasteiger charge is -2.22. The van der Waals surface area contributed by atoms with Gasteiger partial charge in [0.2, 0.25) is 0 Å². The number of anilines is 1. The molecule has 1 aliphatic rings. The van der Waals surface area contributed by atoms with Gasteiger partial charge in [-0.15, -0.1) is 0 Å². The fourth-order valence-corrected chi connectivity index (χ4v) is 3.70. The van der Waals surface area contributed by atoms with Crippen molar-refractivity contribution in [3.8, 4) is 11.5 Å². The number of carbonyl (C=O) groups is 1. The van der Waals surface area contributed by atoms with Crippen molar-refractivity contribution in [2.45, 2.75) is 32.3 Å². The molecular weight excluding hydrogens is 388 g/mol. The lowest BCUT2D eigenvalue weighted by Crippen LogP contribution is -2.31. The van der Waals surface area contributed by atoms with Gasteiger partial charge in [-0.2, -0.15) is 0 Å². The molecule has 5 nitrogen and oxygen atoms in total. The molecule has 0 radical (unpaired) electrons. The summed E-state index contributed by atoms with van der Waals surface area (Å²) >= 11 is 0. The minimum atomic E-state index is -0.00321. The van der Waals surface area contributed by atoms with Gasteiger partial charge in [-0.1, -0.05) is 67.4 Å². The number of hydrogen-bond donors (Lipinski definition) is 1. The molecule has 160 valence electrons. The molecular formula is C26H28N2O3. The lowest BCUT2D eigenvalue weighted by molar-refractivity contribution is 0.0272. The van der Waals surface area contributed by atoms with Crippen LogP contribution in [-0.2, 0) is 11.4 Å². The summed E-state index contributed by atoms with van der Waals surface area (Å²) in [5.41, 5.74) is 5.63. The highest BCUT2D eigenvalue weighted by Gasteiger charge is 2.27. The van der Waals surface area contributed by atoms with E-state index in [4.69, 9.17) is 9.57 Å². The molecule has 1 heterocycles. The SMILES string of the molecule is O=C1c2ccccc2Oc2ccccc2N1CCCCCCNOCc1ccccc1. The molecule has 1 N–H and O–H groups in total. The van der Waals surface area contributed by atoms with E-state index in [9.17, 15) is 4.79 Å². The molecule has 5 heteroatoms. The van der Waals surface area contributed by atoms with Gasteiger partial charge < -0.3 is 9.64 Å². The largest absolute Gasteiger partial charge is 0.454 e. The van der Waals surface area contributed by atoms with Crippen molar-refractivity contribution in [1.82, 2.24) is 5.48 Å². The number of unbranched alkanes of at least 4 members (excludes halogenated alkanes) is 3. The second-order valence-corrected chi connectivity index (χ2v) is 7.61. The normalized spacial score (nSPS) is 12.6. The standard InChI is InChI=1S/C26H28N2O3/c29-26-22-14-6-8-16-24(22)31-25-17-9-7-15-23(25)28(26)19-11-2-1-10-18-27-30-20-21-12-4-3-5-13-21/h3-9,12-17,27H,1-2,10-11,18-20H2. The first kappa shape index (κ1) is 21.1. The van der Waals surface area contributed by atoms with E-state index in [-0.39, 0.29) is 5.91 Å². The second kappa shape index (κ2) is 10.8. The maximum atomic E-state index is 13.2. The molecule has 0 unspecified atom stereocenters. The van der Waals surface area contributed by atoms with Crippen LogP contribution in [0.15, 0.2) is 78.9 Å². The Morgan fingerprint density at radius 3 is 2.35 bits per heavy atom. The third-order valence-corrected chi connectivity index (χ3v) is 5.33. The number of benzene rings is 3. The quantitative estimate of drug-likeness (QED) is 0.339. The minimum Gasteiger partial charge on any atom is -0.454 e. The van der Waals surface area contributed by atoms with E-state index in [2.05, 4.69) is 5.48 Å². The van der Waals surface area contributed by atoms with Gasteiger partial charge in [-0.3, -0.25) is 9.63 Å². The van der Waals surface area contributed by atoms with Crippen molar-refractivity contribution in [3.05, 3.63) is 90.0 Å². The summed E-state index contributed by atoms with van der Waals surface area (Å²) in [5.74, 6) is 1.33. The Balaban J connectivity index is 1.22. The van der Waals surface area contributed by atoms with Crippen LogP contribution in [-0.4, -0.2) is 19.0 Å². The number of para-hydroxylation sites is 3. The molecule has 0 saturated heterocycles. The number of amides is 1. The highest BCUT2D eigenvalue weighted by atomic mass is 16.6. The maximum Gasteiger partial charge on any atom is 0.262 e. The topological polar surface area (TPSA) is 50.8 Å². The van der Waals surface area contributed by atoms with Gasteiger partial charge in [-0.05, 0) is 42.7 Å². The van der Waals surface area contributed by atoms with Crippen molar-refractivity contribution >= 4 is 11.6 Å². The van der Waals surface area contributed by atoms with Crippen LogP contribution < -0.4 is 15.1 Å². The monoisotopic (exact) mass is 416 g/mol. The van der Waals surface area contributed by atoms with Crippen LogP contribution in [0.25, 0.3) is 0 Å². The highest BCUT2D eigenvalue weighted by Crippen LogP contribution is 2.38. The van der Waals surface area contributed by atoms with Gasteiger partial charge in [0.25, 0.3) is 5.91 Å². The number of ether oxygens (including phenoxy) is 1. The number of nitrogens with one attached hydrogen (secondary N) is 1. The lowest BCUT2D eigenvalue weighted by atomic mass is 10.1. The number of nitrogens with zero attached hydrogens (tertiary/aromatic N) is 1. The average Bonchev–Trinajstić information content (AvgIpc) is 2.93. The van der Waals surface area contributed by atoms with Crippen LogP contribution in [0.2, 0.25) is 0 Å². The number of fused-ring (bicyclic) bond motifs is 2. The predicted molar refractivity (Wildman–Crippen MR) is 122 cm³/mol. The van der Waals surface area contributed by atoms with Gasteiger partial charge in [0.15, 0.2) is 5.75 Å². The number of hydroxylamine groups is 1. The van der Waals surface area contributed by atoms with E-state index in [0.29, 0.717) is 24.5 Å². The van der Waals surface area contributed by atoms with Crippen LogP contribution in [0.5, 0.6) is 11.5 Å².